The first-order chi connectivity index (χ1) is 19.5. The Balaban J connectivity index is 1.37. The number of aliphatic carboxylic acids is 2. The molecule has 2 N–H and O–H groups in total. The molecule has 0 saturated carbocycles. The van der Waals surface area contributed by atoms with E-state index in [1.807, 2.05) is 66.9 Å². The zero-order valence-electron chi connectivity index (χ0n) is 22.8. The number of carboxylic acids is 2. The van der Waals surface area contributed by atoms with E-state index in [1.165, 1.54) is 5.56 Å². The second-order valence-electron chi connectivity index (χ2n) is 10.1. The Bertz CT molecular complexity index is 1420. The Morgan fingerprint density at radius 2 is 1.57 bits per heavy atom. The summed E-state index contributed by atoms with van der Waals surface area (Å²) in [6, 6.07) is 24.5. The molecule has 1 aromatic heterocycles. The summed E-state index contributed by atoms with van der Waals surface area (Å²) >= 11 is 0. The lowest BCUT2D eigenvalue weighted by Crippen LogP contribution is -2.00. The van der Waals surface area contributed by atoms with Gasteiger partial charge in [-0.05, 0) is 72.6 Å². The number of carbonyl (C=O) groups is 2. The molecule has 0 saturated heterocycles. The van der Waals surface area contributed by atoms with Crippen LogP contribution in [-0.2, 0) is 29.0 Å². The van der Waals surface area contributed by atoms with Gasteiger partial charge in [-0.25, -0.2) is 0 Å². The van der Waals surface area contributed by atoms with Crippen LogP contribution in [0.1, 0.15) is 60.8 Å². The minimum atomic E-state index is -0.866. The van der Waals surface area contributed by atoms with Crippen molar-refractivity contribution in [3.63, 3.8) is 0 Å². The maximum absolute atomic E-state index is 11.6. The number of fused-ring (bicyclic) bond motifs is 1. The monoisotopic (exact) mass is 539 g/mol. The van der Waals surface area contributed by atoms with E-state index in [0.717, 1.165) is 72.0 Å². The van der Waals surface area contributed by atoms with Crippen LogP contribution in [0, 0.1) is 0 Å². The van der Waals surface area contributed by atoms with Crippen LogP contribution in [0.25, 0.3) is 23.1 Å². The lowest BCUT2D eigenvalue weighted by Gasteiger charge is -2.07. The van der Waals surface area contributed by atoms with Gasteiger partial charge in [-0.15, -0.1) is 0 Å². The van der Waals surface area contributed by atoms with Crippen LogP contribution >= 0.6 is 0 Å². The smallest absolute Gasteiger partial charge is 0.307 e. The Morgan fingerprint density at radius 1 is 0.775 bits per heavy atom. The van der Waals surface area contributed by atoms with E-state index in [0.29, 0.717) is 13.0 Å². The van der Waals surface area contributed by atoms with E-state index < -0.39 is 11.9 Å². The summed E-state index contributed by atoms with van der Waals surface area (Å²) in [6.45, 7) is 1.41. The molecule has 40 heavy (non-hydrogen) atoms. The highest BCUT2D eigenvalue weighted by Gasteiger charge is 2.14. The molecule has 6 nitrogen and oxygen atoms in total. The standard InChI is InChI=1S/C34H37NO5/c36-32(37)15-5-2-7-22-35-25-29(24-33(38)39)34-28(13-9-14-31(34)35)19-16-27-17-20-30(21-18-27)40-23-8-6-12-26-10-3-1-4-11-26/h1,3-4,9-11,13-14,16-21,25H,2,5-8,12,15,22-24H2,(H,36,37)(H,38,39). The predicted molar refractivity (Wildman–Crippen MR) is 160 cm³/mol. The summed E-state index contributed by atoms with van der Waals surface area (Å²) in [5.41, 5.74) is 5.13. The molecule has 0 amide bonds. The Hall–Kier alpha value is -4.32. The van der Waals surface area contributed by atoms with Crippen molar-refractivity contribution in [1.82, 2.24) is 4.57 Å². The molecule has 0 fully saturated rings. The largest absolute Gasteiger partial charge is 0.494 e. The van der Waals surface area contributed by atoms with Gasteiger partial charge in [0.15, 0.2) is 0 Å². The Kier molecular flexibility index (Phi) is 10.6. The fourth-order valence-corrected chi connectivity index (χ4v) is 4.95. The number of benzene rings is 3. The van der Waals surface area contributed by atoms with Gasteiger partial charge in [0.2, 0.25) is 0 Å². The van der Waals surface area contributed by atoms with E-state index in [4.69, 9.17) is 9.84 Å². The van der Waals surface area contributed by atoms with Crippen molar-refractivity contribution in [3.8, 4) is 5.75 Å². The normalized spacial score (nSPS) is 11.3. The van der Waals surface area contributed by atoms with Crippen LogP contribution in [0.15, 0.2) is 79.0 Å². The highest BCUT2D eigenvalue weighted by atomic mass is 16.5. The third-order valence-electron chi connectivity index (χ3n) is 6.96. The molecule has 4 rings (SSSR count). The van der Waals surface area contributed by atoms with Gasteiger partial charge in [-0.2, -0.15) is 0 Å². The van der Waals surface area contributed by atoms with Crippen molar-refractivity contribution >= 4 is 35.0 Å². The second kappa shape index (κ2) is 14.7. The first-order valence-corrected chi connectivity index (χ1v) is 14.0. The van der Waals surface area contributed by atoms with E-state index in [2.05, 4.69) is 28.8 Å². The minimum absolute atomic E-state index is 0.0508. The van der Waals surface area contributed by atoms with E-state index in [-0.39, 0.29) is 12.8 Å². The number of aryl methyl sites for hydroxylation is 2. The van der Waals surface area contributed by atoms with Crippen molar-refractivity contribution in [2.24, 2.45) is 0 Å². The molecule has 0 spiro atoms. The second-order valence-corrected chi connectivity index (χ2v) is 10.1. The summed E-state index contributed by atoms with van der Waals surface area (Å²) in [4.78, 5) is 22.4. The average molecular weight is 540 g/mol. The van der Waals surface area contributed by atoms with Crippen molar-refractivity contribution < 1.29 is 24.5 Å². The molecule has 1 heterocycles. The fourth-order valence-electron chi connectivity index (χ4n) is 4.95. The number of rotatable bonds is 16. The van der Waals surface area contributed by atoms with Gasteiger partial charge < -0.3 is 19.5 Å². The number of hydrogen-bond donors (Lipinski definition) is 2. The van der Waals surface area contributed by atoms with Gasteiger partial charge in [0.25, 0.3) is 0 Å². The van der Waals surface area contributed by atoms with Crippen molar-refractivity contribution in [1.29, 1.82) is 0 Å². The fraction of sp³-hybridized carbons (Fsp3) is 0.294. The third kappa shape index (κ3) is 8.60. The highest BCUT2D eigenvalue weighted by Crippen LogP contribution is 2.28. The summed E-state index contributed by atoms with van der Waals surface area (Å²) in [5.74, 6) is -0.790. The lowest BCUT2D eigenvalue weighted by atomic mass is 10.0. The summed E-state index contributed by atoms with van der Waals surface area (Å²) in [6.07, 6.45) is 11.6. The minimum Gasteiger partial charge on any atom is -0.494 e. The van der Waals surface area contributed by atoms with E-state index in [1.54, 1.807) is 0 Å². The molecule has 0 atom stereocenters. The van der Waals surface area contributed by atoms with Gasteiger partial charge in [-0.1, -0.05) is 73.2 Å². The third-order valence-corrected chi connectivity index (χ3v) is 6.96. The number of nitrogens with zero attached hydrogens (tertiary/aromatic N) is 1. The number of carboxylic acid groups (broad SMARTS) is 2. The molecule has 208 valence electrons. The van der Waals surface area contributed by atoms with Crippen molar-refractivity contribution in [3.05, 3.63) is 101 Å². The topological polar surface area (TPSA) is 88.8 Å². The molecular formula is C34H37NO5. The summed E-state index contributed by atoms with van der Waals surface area (Å²) in [5, 5.41) is 19.3. The molecule has 3 aromatic carbocycles. The number of aromatic nitrogens is 1. The van der Waals surface area contributed by atoms with Gasteiger partial charge in [0.1, 0.15) is 5.75 Å². The maximum Gasteiger partial charge on any atom is 0.307 e. The van der Waals surface area contributed by atoms with Gasteiger partial charge in [-0.3, -0.25) is 9.59 Å². The first kappa shape index (κ1) is 28.7. The lowest BCUT2D eigenvalue weighted by molar-refractivity contribution is -0.137. The number of unbranched alkanes of at least 4 members (excludes halogenated alkanes) is 3. The molecule has 4 aromatic rings. The molecular weight excluding hydrogens is 502 g/mol. The molecule has 0 aliphatic rings. The highest BCUT2D eigenvalue weighted by molar-refractivity contribution is 5.96. The Labute approximate surface area is 235 Å². The van der Waals surface area contributed by atoms with Gasteiger partial charge in [0.05, 0.1) is 13.0 Å². The summed E-state index contributed by atoms with van der Waals surface area (Å²) in [7, 11) is 0. The van der Waals surface area contributed by atoms with Gasteiger partial charge in [0, 0.05) is 30.1 Å². The quantitative estimate of drug-likeness (QED) is 0.114. The zero-order valence-corrected chi connectivity index (χ0v) is 22.8. The van der Waals surface area contributed by atoms with Crippen LogP contribution < -0.4 is 4.74 Å². The number of hydrogen-bond acceptors (Lipinski definition) is 3. The Morgan fingerprint density at radius 3 is 2.33 bits per heavy atom. The maximum atomic E-state index is 11.6. The van der Waals surface area contributed by atoms with E-state index in [9.17, 15) is 14.7 Å². The van der Waals surface area contributed by atoms with Crippen molar-refractivity contribution in [2.45, 2.75) is 57.9 Å². The summed E-state index contributed by atoms with van der Waals surface area (Å²) < 4.78 is 8.02. The van der Waals surface area contributed by atoms with Crippen LogP contribution in [0.4, 0.5) is 0 Å². The van der Waals surface area contributed by atoms with Crippen LogP contribution in [0.3, 0.4) is 0 Å². The van der Waals surface area contributed by atoms with Crippen LogP contribution in [0.2, 0.25) is 0 Å². The molecule has 0 aliphatic heterocycles. The van der Waals surface area contributed by atoms with Crippen LogP contribution in [-0.4, -0.2) is 33.3 Å². The zero-order chi connectivity index (χ0) is 28.2. The molecule has 0 aliphatic carbocycles. The first-order valence-electron chi connectivity index (χ1n) is 14.0. The predicted octanol–water partition coefficient (Wildman–Crippen LogP) is 7.49. The average Bonchev–Trinajstić information content (AvgIpc) is 3.29. The molecule has 0 radical (unpaired) electrons. The van der Waals surface area contributed by atoms with Crippen molar-refractivity contribution in [2.75, 3.05) is 6.61 Å². The molecule has 0 bridgehead atoms. The SMILES string of the molecule is O=C(O)CCCCCn1cc(CC(=O)O)c2c(C=Cc3ccc(OCCCCc4ccccc4)cc3)cccc21. The van der Waals surface area contributed by atoms with Gasteiger partial charge >= 0.3 is 11.9 Å². The molecule has 0 unspecified atom stereocenters. The van der Waals surface area contributed by atoms with E-state index >= 15 is 0 Å². The molecule has 6 heteroatoms. The number of ether oxygens (including phenoxy) is 1. The van der Waals surface area contributed by atoms with Crippen LogP contribution in [0.5, 0.6) is 5.75 Å².